The molecule has 1 aromatic heterocycles. The van der Waals surface area contributed by atoms with Crippen LogP contribution >= 0.6 is 0 Å². The van der Waals surface area contributed by atoms with Crippen LogP contribution in [0.5, 0.6) is 0 Å². The van der Waals surface area contributed by atoms with Gasteiger partial charge in [-0.3, -0.25) is 4.98 Å². The third-order valence-electron chi connectivity index (χ3n) is 4.74. The number of aryl methyl sites for hydroxylation is 1. The van der Waals surface area contributed by atoms with Crippen LogP contribution in [-0.2, 0) is 6.42 Å². The fourth-order valence-corrected chi connectivity index (χ4v) is 3.50. The molecular weight excluding hydrogens is 256 g/mol. The number of aromatic nitrogens is 1. The summed E-state index contributed by atoms with van der Waals surface area (Å²) < 4.78 is 0. The smallest absolute Gasteiger partial charge is 0.0704 e. The second-order valence-electron chi connectivity index (χ2n) is 6.03. The predicted molar refractivity (Wildman–Crippen MR) is 89.3 cm³/mol. The van der Waals surface area contributed by atoms with Crippen LogP contribution in [0.2, 0.25) is 0 Å². The van der Waals surface area contributed by atoms with Gasteiger partial charge in [0.2, 0.25) is 0 Å². The summed E-state index contributed by atoms with van der Waals surface area (Å²) in [5.74, 6) is 1.45. The molecule has 2 heteroatoms. The van der Waals surface area contributed by atoms with E-state index in [2.05, 4.69) is 53.3 Å². The van der Waals surface area contributed by atoms with E-state index < -0.39 is 0 Å². The van der Waals surface area contributed by atoms with Crippen LogP contribution < -0.4 is 5.32 Å². The second kappa shape index (κ2) is 6.86. The number of pyridine rings is 1. The predicted octanol–water partition coefficient (Wildman–Crippen LogP) is 3.97. The fourth-order valence-electron chi connectivity index (χ4n) is 3.50. The van der Waals surface area contributed by atoms with Crippen molar-refractivity contribution < 1.29 is 0 Å². The molecule has 2 aromatic rings. The number of nitrogens with zero attached hydrogens (tertiary/aromatic N) is 1. The minimum Gasteiger partial charge on any atom is -0.316 e. The first kappa shape index (κ1) is 14.3. The van der Waals surface area contributed by atoms with E-state index in [1.807, 2.05) is 6.20 Å². The van der Waals surface area contributed by atoms with Crippen molar-refractivity contribution >= 4 is 10.9 Å². The van der Waals surface area contributed by atoms with Gasteiger partial charge in [0.15, 0.2) is 0 Å². The van der Waals surface area contributed by atoms with Crippen molar-refractivity contribution in [2.45, 2.75) is 25.7 Å². The first-order valence-corrected chi connectivity index (χ1v) is 8.04. The maximum Gasteiger partial charge on any atom is 0.0704 e. The van der Waals surface area contributed by atoms with Crippen molar-refractivity contribution in [1.82, 2.24) is 10.3 Å². The van der Waals surface area contributed by atoms with Gasteiger partial charge in [0.25, 0.3) is 0 Å². The molecular formula is C19H24N2. The number of rotatable bonds is 5. The van der Waals surface area contributed by atoms with Crippen LogP contribution in [0.25, 0.3) is 10.9 Å². The van der Waals surface area contributed by atoms with E-state index >= 15 is 0 Å². The molecule has 3 rings (SSSR count). The zero-order chi connectivity index (χ0) is 14.5. The molecule has 2 atom stereocenters. The van der Waals surface area contributed by atoms with Crippen molar-refractivity contribution in [3.05, 3.63) is 54.7 Å². The second-order valence-corrected chi connectivity index (χ2v) is 6.03. The summed E-state index contributed by atoms with van der Waals surface area (Å²) in [4.78, 5) is 4.44. The van der Waals surface area contributed by atoms with Gasteiger partial charge in [-0.1, -0.05) is 24.3 Å². The van der Waals surface area contributed by atoms with Gasteiger partial charge < -0.3 is 5.32 Å². The van der Waals surface area contributed by atoms with Gasteiger partial charge in [-0.05, 0) is 61.8 Å². The summed E-state index contributed by atoms with van der Waals surface area (Å²) >= 11 is 0. The highest BCUT2D eigenvalue weighted by atomic mass is 14.9. The molecule has 2 nitrogen and oxygen atoms in total. The van der Waals surface area contributed by atoms with E-state index in [1.54, 1.807) is 0 Å². The minimum atomic E-state index is 0.646. The Labute approximate surface area is 127 Å². The minimum absolute atomic E-state index is 0.646. The lowest BCUT2D eigenvalue weighted by Crippen LogP contribution is -2.35. The summed E-state index contributed by atoms with van der Waals surface area (Å²) in [6, 6.07) is 10.6. The van der Waals surface area contributed by atoms with E-state index in [4.69, 9.17) is 0 Å². The largest absolute Gasteiger partial charge is 0.316 e. The number of fused-ring (bicyclic) bond motifs is 1. The summed E-state index contributed by atoms with van der Waals surface area (Å²) in [5, 5.41) is 4.78. The highest BCUT2D eigenvalue weighted by Crippen LogP contribution is 2.26. The van der Waals surface area contributed by atoms with Crippen molar-refractivity contribution in [1.29, 1.82) is 0 Å². The standard InChI is InChI=1S/C19H24N2/c1-2-15-14-20-12-10-16(15)6-5-7-17-11-13-21-19-9-4-3-8-18(17)19/h2-4,8-9,11,13,15-16,20H,1,5-7,10,12,14H2. The Kier molecular flexibility index (Phi) is 4.66. The molecule has 110 valence electrons. The number of benzene rings is 1. The molecule has 0 saturated carbocycles. The van der Waals surface area contributed by atoms with Crippen LogP contribution in [-0.4, -0.2) is 18.1 Å². The Hall–Kier alpha value is -1.67. The fraction of sp³-hybridized carbons (Fsp3) is 0.421. The Morgan fingerprint density at radius 1 is 1.29 bits per heavy atom. The lowest BCUT2D eigenvalue weighted by atomic mass is 9.82. The van der Waals surface area contributed by atoms with Crippen LogP contribution in [0.1, 0.15) is 24.8 Å². The topological polar surface area (TPSA) is 24.9 Å². The number of hydrogen-bond donors (Lipinski definition) is 1. The Balaban J connectivity index is 1.63. The van der Waals surface area contributed by atoms with Gasteiger partial charge in [-0.2, -0.15) is 0 Å². The van der Waals surface area contributed by atoms with Gasteiger partial charge in [0, 0.05) is 18.1 Å². The normalized spacial score (nSPS) is 22.3. The molecule has 1 aliphatic rings. The monoisotopic (exact) mass is 280 g/mol. The molecule has 1 fully saturated rings. The average molecular weight is 280 g/mol. The summed E-state index contributed by atoms with van der Waals surface area (Å²) in [5.41, 5.74) is 2.55. The molecule has 21 heavy (non-hydrogen) atoms. The van der Waals surface area contributed by atoms with Gasteiger partial charge in [0.05, 0.1) is 5.52 Å². The summed E-state index contributed by atoms with van der Waals surface area (Å²) in [6.07, 6.45) is 9.07. The van der Waals surface area contributed by atoms with E-state index in [1.165, 1.54) is 30.2 Å². The van der Waals surface area contributed by atoms with Gasteiger partial charge in [-0.15, -0.1) is 6.58 Å². The number of piperidine rings is 1. The molecule has 0 aliphatic carbocycles. The van der Waals surface area contributed by atoms with E-state index in [9.17, 15) is 0 Å². The lowest BCUT2D eigenvalue weighted by molar-refractivity contribution is 0.280. The van der Waals surface area contributed by atoms with Crippen molar-refractivity contribution in [2.75, 3.05) is 13.1 Å². The molecule has 1 N–H and O–H groups in total. The Morgan fingerprint density at radius 3 is 3.10 bits per heavy atom. The lowest BCUT2D eigenvalue weighted by Gasteiger charge is -2.30. The van der Waals surface area contributed by atoms with Crippen LogP contribution in [0.3, 0.4) is 0 Å². The Morgan fingerprint density at radius 2 is 2.19 bits per heavy atom. The Bertz CT molecular complexity index is 600. The maximum absolute atomic E-state index is 4.44. The number of nitrogens with one attached hydrogen (secondary N) is 1. The third kappa shape index (κ3) is 3.33. The number of para-hydroxylation sites is 1. The molecule has 0 bridgehead atoms. The zero-order valence-electron chi connectivity index (χ0n) is 12.6. The molecule has 1 aliphatic heterocycles. The summed E-state index contributed by atoms with van der Waals surface area (Å²) in [7, 11) is 0. The maximum atomic E-state index is 4.44. The summed E-state index contributed by atoms with van der Waals surface area (Å²) in [6.45, 7) is 6.26. The van der Waals surface area contributed by atoms with Crippen LogP contribution in [0.15, 0.2) is 49.2 Å². The quantitative estimate of drug-likeness (QED) is 0.838. The van der Waals surface area contributed by atoms with Gasteiger partial charge in [0.1, 0.15) is 0 Å². The van der Waals surface area contributed by atoms with E-state index in [-0.39, 0.29) is 0 Å². The first-order valence-electron chi connectivity index (χ1n) is 8.04. The molecule has 0 radical (unpaired) electrons. The molecule has 1 aromatic carbocycles. The van der Waals surface area contributed by atoms with Crippen LogP contribution in [0, 0.1) is 11.8 Å². The van der Waals surface area contributed by atoms with Crippen molar-refractivity contribution in [3.8, 4) is 0 Å². The average Bonchev–Trinajstić information content (AvgIpc) is 2.55. The van der Waals surface area contributed by atoms with Crippen molar-refractivity contribution in [3.63, 3.8) is 0 Å². The van der Waals surface area contributed by atoms with Crippen molar-refractivity contribution in [2.24, 2.45) is 11.8 Å². The third-order valence-corrected chi connectivity index (χ3v) is 4.74. The van der Waals surface area contributed by atoms with E-state index in [0.717, 1.165) is 30.9 Å². The van der Waals surface area contributed by atoms with Gasteiger partial charge >= 0.3 is 0 Å². The van der Waals surface area contributed by atoms with Crippen LogP contribution in [0.4, 0.5) is 0 Å². The van der Waals surface area contributed by atoms with E-state index in [0.29, 0.717) is 5.92 Å². The molecule has 0 spiro atoms. The zero-order valence-corrected chi connectivity index (χ0v) is 12.6. The first-order chi connectivity index (χ1) is 10.4. The number of hydrogen-bond acceptors (Lipinski definition) is 2. The van der Waals surface area contributed by atoms with Gasteiger partial charge in [-0.25, -0.2) is 0 Å². The molecule has 1 saturated heterocycles. The molecule has 0 amide bonds. The SMILES string of the molecule is C=CC1CNCCC1CCCc1ccnc2ccccc12. The highest BCUT2D eigenvalue weighted by Gasteiger charge is 2.21. The molecule has 2 heterocycles. The molecule has 2 unspecified atom stereocenters. The highest BCUT2D eigenvalue weighted by molar-refractivity contribution is 5.81.